The van der Waals surface area contributed by atoms with Gasteiger partial charge in [-0.25, -0.2) is 0 Å². The van der Waals surface area contributed by atoms with Crippen molar-refractivity contribution in [2.75, 3.05) is 0 Å². The van der Waals surface area contributed by atoms with Gasteiger partial charge in [0.2, 0.25) is 6.29 Å². The third kappa shape index (κ3) is 3.76. The van der Waals surface area contributed by atoms with Gasteiger partial charge < -0.3 is 0 Å². The van der Waals surface area contributed by atoms with Crippen LogP contribution in [0.2, 0.25) is 0 Å². The van der Waals surface area contributed by atoms with Crippen molar-refractivity contribution in [1.82, 2.24) is 0 Å². The van der Waals surface area contributed by atoms with E-state index in [0.29, 0.717) is 11.3 Å². The van der Waals surface area contributed by atoms with Crippen molar-refractivity contribution in [2.45, 2.75) is 13.3 Å². The van der Waals surface area contributed by atoms with Crippen LogP contribution >= 0.6 is 12.2 Å². The number of rotatable bonds is 2. The van der Waals surface area contributed by atoms with E-state index in [0.717, 1.165) is 0 Å². The minimum Gasteiger partial charge on any atom is -0.290 e. The van der Waals surface area contributed by atoms with Crippen molar-refractivity contribution in [1.29, 1.82) is 0 Å². The number of hydrogen-bond donors (Lipinski definition) is 0. The summed E-state index contributed by atoms with van der Waals surface area (Å²) in [6, 6.07) is 0. The van der Waals surface area contributed by atoms with Gasteiger partial charge in [0.25, 0.3) is 0 Å². The zero-order chi connectivity index (χ0) is 4.99. The second kappa shape index (κ2) is 2.97. The standard InChI is InChI=1S/C4H5OS/c1-4(6)2-3-5/h2H2,1H3. The lowest BCUT2D eigenvalue weighted by atomic mass is 10.4. The van der Waals surface area contributed by atoms with Crippen LogP contribution in [0.3, 0.4) is 0 Å². The number of hydrogen-bond acceptors (Lipinski definition) is 2. The molecule has 0 aliphatic rings. The summed E-state index contributed by atoms with van der Waals surface area (Å²) in [5.74, 6) is 0. The third-order valence-electron chi connectivity index (χ3n) is 0.321. The molecule has 0 aromatic heterocycles. The lowest BCUT2D eigenvalue weighted by Gasteiger charge is -1.74. The summed E-state index contributed by atoms with van der Waals surface area (Å²) in [5.41, 5.74) is 0. The van der Waals surface area contributed by atoms with E-state index in [1.165, 1.54) is 0 Å². The molecule has 33 valence electrons. The molecule has 0 aliphatic heterocycles. The Balaban J connectivity index is 3.05. The highest BCUT2D eigenvalue weighted by molar-refractivity contribution is 7.80. The lowest BCUT2D eigenvalue weighted by Crippen LogP contribution is -1.83. The molecule has 1 radical (unpaired) electrons. The Hall–Kier alpha value is -0.240. The van der Waals surface area contributed by atoms with Gasteiger partial charge in [-0.1, -0.05) is 12.2 Å². The van der Waals surface area contributed by atoms with E-state index < -0.39 is 0 Å². The van der Waals surface area contributed by atoms with Gasteiger partial charge in [-0.3, -0.25) is 4.79 Å². The van der Waals surface area contributed by atoms with Crippen LogP contribution in [0.25, 0.3) is 0 Å². The van der Waals surface area contributed by atoms with E-state index >= 15 is 0 Å². The smallest absolute Gasteiger partial charge is 0.203 e. The zero-order valence-electron chi connectivity index (χ0n) is 3.52. The van der Waals surface area contributed by atoms with Crippen molar-refractivity contribution < 1.29 is 4.79 Å². The topological polar surface area (TPSA) is 17.1 Å². The zero-order valence-corrected chi connectivity index (χ0v) is 4.34. The Morgan fingerprint density at radius 2 is 2.50 bits per heavy atom. The van der Waals surface area contributed by atoms with E-state index in [1.807, 2.05) is 0 Å². The Kier molecular flexibility index (Phi) is 2.85. The van der Waals surface area contributed by atoms with Crippen molar-refractivity contribution in [3.05, 3.63) is 0 Å². The molecule has 0 bridgehead atoms. The first-order valence-electron chi connectivity index (χ1n) is 1.62. The highest BCUT2D eigenvalue weighted by Gasteiger charge is 1.80. The van der Waals surface area contributed by atoms with E-state index in [4.69, 9.17) is 0 Å². The van der Waals surface area contributed by atoms with E-state index in [2.05, 4.69) is 12.2 Å². The SMILES string of the molecule is CC(=S)C[C]=O. The molecule has 0 aromatic carbocycles. The first-order chi connectivity index (χ1) is 2.77. The average Bonchev–Trinajstić information content (AvgIpc) is 1.35. The first-order valence-corrected chi connectivity index (χ1v) is 2.02. The minimum absolute atomic E-state index is 0.301. The van der Waals surface area contributed by atoms with Crippen LogP contribution in [-0.2, 0) is 4.79 Å². The Morgan fingerprint density at radius 3 is 2.50 bits per heavy atom. The summed E-state index contributed by atoms with van der Waals surface area (Å²) in [7, 11) is 0. The normalized spacial score (nSPS) is 7.50. The van der Waals surface area contributed by atoms with Crippen LogP contribution in [0, 0.1) is 0 Å². The largest absolute Gasteiger partial charge is 0.290 e. The predicted octanol–water partition coefficient (Wildman–Crippen LogP) is 0.876. The van der Waals surface area contributed by atoms with Gasteiger partial charge in [0, 0.05) is 6.42 Å². The third-order valence-corrected chi connectivity index (χ3v) is 0.465. The van der Waals surface area contributed by atoms with Crippen LogP contribution in [-0.4, -0.2) is 11.2 Å². The monoisotopic (exact) mass is 101 g/mol. The Morgan fingerprint density at radius 1 is 2.00 bits per heavy atom. The number of thiocarbonyl (C=S) groups is 1. The Bertz CT molecular complexity index is 67.9. The molecule has 0 aliphatic carbocycles. The molecule has 0 saturated heterocycles. The van der Waals surface area contributed by atoms with Crippen LogP contribution in [0.4, 0.5) is 0 Å². The molecule has 2 heteroatoms. The van der Waals surface area contributed by atoms with Gasteiger partial charge in [0.15, 0.2) is 0 Å². The lowest BCUT2D eigenvalue weighted by molar-refractivity contribution is 0.557. The summed E-state index contributed by atoms with van der Waals surface area (Å²) < 4.78 is 0. The summed E-state index contributed by atoms with van der Waals surface area (Å²) in [6.07, 6.45) is 1.98. The van der Waals surface area contributed by atoms with Crippen LogP contribution in [0.5, 0.6) is 0 Å². The van der Waals surface area contributed by atoms with Gasteiger partial charge in [0.05, 0.1) is 0 Å². The molecular formula is C4H5OS. The molecule has 0 aromatic rings. The molecule has 0 amide bonds. The van der Waals surface area contributed by atoms with E-state index in [1.54, 1.807) is 13.2 Å². The van der Waals surface area contributed by atoms with Crippen molar-refractivity contribution in [2.24, 2.45) is 0 Å². The van der Waals surface area contributed by atoms with Gasteiger partial charge in [-0.05, 0) is 11.8 Å². The second-order valence-electron chi connectivity index (χ2n) is 1.02. The molecule has 0 unspecified atom stereocenters. The Labute approximate surface area is 42.4 Å². The van der Waals surface area contributed by atoms with Gasteiger partial charge in [0.1, 0.15) is 0 Å². The van der Waals surface area contributed by atoms with Crippen LogP contribution < -0.4 is 0 Å². The molecule has 0 N–H and O–H groups in total. The molecule has 0 saturated carbocycles. The predicted molar refractivity (Wildman–Crippen MR) is 28.6 cm³/mol. The molecule has 0 spiro atoms. The van der Waals surface area contributed by atoms with E-state index in [9.17, 15) is 4.79 Å². The fourth-order valence-corrected chi connectivity index (χ4v) is 0.161. The van der Waals surface area contributed by atoms with Gasteiger partial charge >= 0.3 is 0 Å². The minimum atomic E-state index is 0.301. The van der Waals surface area contributed by atoms with Crippen molar-refractivity contribution >= 4 is 23.4 Å². The van der Waals surface area contributed by atoms with Crippen molar-refractivity contribution in [3.8, 4) is 0 Å². The average molecular weight is 101 g/mol. The summed E-state index contributed by atoms with van der Waals surface area (Å²) >= 11 is 4.53. The molecular weight excluding hydrogens is 96.1 g/mol. The van der Waals surface area contributed by atoms with Crippen LogP contribution in [0.1, 0.15) is 13.3 Å². The highest BCUT2D eigenvalue weighted by atomic mass is 32.1. The maximum Gasteiger partial charge on any atom is 0.203 e. The summed E-state index contributed by atoms with van der Waals surface area (Å²) in [4.78, 5) is 10.1. The molecule has 0 heterocycles. The van der Waals surface area contributed by atoms with E-state index in [-0.39, 0.29) is 0 Å². The fraction of sp³-hybridized carbons (Fsp3) is 0.500. The maximum atomic E-state index is 9.40. The molecule has 1 nitrogen and oxygen atoms in total. The van der Waals surface area contributed by atoms with Gasteiger partial charge in [-0.15, -0.1) is 0 Å². The van der Waals surface area contributed by atoms with Crippen LogP contribution in [0.15, 0.2) is 0 Å². The molecule has 0 rings (SSSR count). The molecule has 0 fully saturated rings. The highest BCUT2D eigenvalue weighted by Crippen LogP contribution is 1.76. The second-order valence-corrected chi connectivity index (χ2v) is 1.72. The quantitative estimate of drug-likeness (QED) is 0.480. The molecule has 0 atom stereocenters. The fourth-order valence-electron chi connectivity index (χ4n) is 0.102. The maximum absolute atomic E-state index is 9.40. The summed E-state index contributed by atoms with van der Waals surface area (Å²) in [6.45, 7) is 1.72. The number of carbonyl (C=O) groups excluding carboxylic acids is 1. The first kappa shape index (κ1) is 5.76. The summed E-state index contributed by atoms with van der Waals surface area (Å²) in [5, 5.41) is 0. The van der Waals surface area contributed by atoms with Crippen molar-refractivity contribution in [3.63, 3.8) is 0 Å². The van der Waals surface area contributed by atoms with Gasteiger partial charge in [-0.2, -0.15) is 0 Å². The molecule has 6 heavy (non-hydrogen) atoms.